The van der Waals surface area contributed by atoms with Crippen molar-refractivity contribution < 1.29 is 8.78 Å². The first-order chi connectivity index (χ1) is 8.58. The molecule has 0 aromatic carbocycles. The van der Waals surface area contributed by atoms with Crippen LogP contribution in [0.1, 0.15) is 31.5 Å². The predicted octanol–water partition coefficient (Wildman–Crippen LogP) is 2.69. The van der Waals surface area contributed by atoms with Gasteiger partial charge in [0.05, 0.1) is 0 Å². The summed E-state index contributed by atoms with van der Waals surface area (Å²) >= 11 is 0. The molecule has 0 radical (unpaired) electrons. The minimum absolute atomic E-state index is 0.147. The van der Waals surface area contributed by atoms with E-state index >= 15 is 0 Å². The molecule has 3 nitrogen and oxygen atoms in total. The third-order valence-corrected chi connectivity index (χ3v) is 3.60. The van der Waals surface area contributed by atoms with E-state index in [0.717, 1.165) is 25.9 Å². The van der Waals surface area contributed by atoms with Crippen molar-refractivity contribution in [2.24, 2.45) is 5.92 Å². The van der Waals surface area contributed by atoms with Crippen molar-refractivity contribution in [2.75, 3.05) is 20.1 Å². The van der Waals surface area contributed by atoms with Gasteiger partial charge in [0.1, 0.15) is 0 Å². The van der Waals surface area contributed by atoms with Gasteiger partial charge >= 0.3 is 5.92 Å². The van der Waals surface area contributed by atoms with Crippen LogP contribution in [0.15, 0.2) is 18.5 Å². The zero-order valence-corrected chi connectivity index (χ0v) is 10.6. The summed E-state index contributed by atoms with van der Waals surface area (Å²) in [5.74, 6) is -2.83. The summed E-state index contributed by atoms with van der Waals surface area (Å²) in [4.78, 5) is 9.56. The molecule has 1 aromatic heterocycles. The molecule has 2 rings (SSSR count). The highest BCUT2D eigenvalue weighted by Crippen LogP contribution is 2.33. The number of hydrogen-bond donors (Lipinski definition) is 0. The number of hydrogen-bond acceptors (Lipinski definition) is 3. The van der Waals surface area contributed by atoms with E-state index in [1.165, 1.54) is 12.4 Å². The zero-order chi connectivity index (χ0) is 13.0. The Morgan fingerprint density at radius 2 is 1.89 bits per heavy atom. The minimum atomic E-state index is -2.90. The van der Waals surface area contributed by atoms with E-state index in [1.54, 1.807) is 6.07 Å². The molecule has 0 saturated carbocycles. The fourth-order valence-electron chi connectivity index (χ4n) is 2.34. The topological polar surface area (TPSA) is 29.0 Å². The Balaban J connectivity index is 1.86. The number of alkyl halides is 2. The van der Waals surface area contributed by atoms with Gasteiger partial charge in [-0.05, 0) is 51.4 Å². The minimum Gasteiger partial charge on any atom is -0.306 e. The fourth-order valence-corrected chi connectivity index (χ4v) is 2.34. The lowest BCUT2D eigenvalue weighted by molar-refractivity contribution is -0.0300. The lowest BCUT2D eigenvalue weighted by atomic mass is 9.91. The summed E-state index contributed by atoms with van der Waals surface area (Å²) in [6, 6.07) is 1.55. The second kappa shape index (κ2) is 5.69. The summed E-state index contributed by atoms with van der Waals surface area (Å²) in [7, 11) is 2.07. The highest BCUT2D eigenvalue weighted by atomic mass is 19.3. The van der Waals surface area contributed by atoms with Gasteiger partial charge in [-0.3, -0.25) is 0 Å². The number of rotatable bonds is 4. The molecule has 100 valence electrons. The largest absolute Gasteiger partial charge is 0.306 e. The van der Waals surface area contributed by atoms with Gasteiger partial charge in [-0.2, -0.15) is 8.78 Å². The van der Waals surface area contributed by atoms with Crippen LogP contribution in [-0.4, -0.2) is 35.0 Å². The average molecular weight is 255 g/mol. The van der Waals surface area contributed by atoms with Crippen molar-refractivity contribution in [1.29, 1.82) is 0 Å². The SMILES string of the molecule is CN1CCC(CCC(F)(F)c2ncccn2)CC1. The quantitative estimate of drug-likeness (QED) is 0.828. The van der Waals surface area contributed by atoms with Gasteiger partial charge < -0.3 is 4.90 Å². The van der Waals surface area contributed by atoms with Crippen LogP contribution in [-0.2, 0) is 5.92 Å². The average Bonchev–Trinajstić information content (AvgIpc) is 2.39. The van der Waals surface area contributed by atoms with Crippen LogP contribution in [0.3, 0.4) is 0 Å². The number of aromatic nitrogens is 2. The van der Waals surface area contributed by atoms with Crippen LogP contribution in [0.4, 0.5) is 8.78 Å². The molecule has 0 N–H and O–H groups in total. The summed E-state index contributed by atoms with van der Waals surface area (Å²) in [5, 5.41) is 0. The molecule has 1 aromatic rings. The van der Waals surface area contributed by atoms with Crippen LogP contribution >= 0.6 is 0 Å². The molecular formula is C13H19F2N3. The molecular weight excluding hydrogens is 236 g/mol. The molecule has 1 saturated heterocycles. The molecule has 0 bridgehead atoms. The molecule has 18 heavy (non-hydrogen) atoms. The standard InChI is InChI=1S/C13H19F2N3/c1-18-9-4-11(5-10-18)3-6-13(14,15)12-16-7-2-8-17-12/h2,7-8,11H,3-6,9-10H2,1H3. The summed E-state index contributed by atoms with van der Waals surface area (Å²) in [5.41, 5.74) is 0. The molecule has 0 unspecified atom stereocenters. The van der Waals surface area contributed by atoms with Crippen LogP contribution in [0, 0.1) is 5.92 Å². The fraction of sp³-hybridized carbons (Fsp3) is 0.692. The summed E-state index contributed by atoms with van der Waals surface area (Å²) in [6.45, 7) is 2.02. The molecule has 1 aliphatic heterocycles. The molecule has 0 spiro atoms. The van der Waals surface area contributed by atoms with Crippen LogP contribution in [0.25, 0.3) is 0 Å². The number of piperidine rings is 1. The maximum Gasteiger partial charge on any atom is 0.306 e. The Morgan fingerprint density at radius 1 is 1.28 bits per heavy atom. The van der Waals surface area contributed by atoms with Gasteiger partial charge in [-0.15, -0.1) is 0 Å². The molecule has 5 heteroatoms. The predicted molar refractivity (Wildman–Crippen MR) is 65.4 cm³/mol. The molecule has 0 atom stereocenters. The maximum atomic E-state index is 13.9. The van der Waals surface area contributed by atoms with Gasteiger partial charge in [0.15, 0.2) is 5.82 Å². The van der Waals surface area contributed by atoms with E-state index in [-0.39, 0.29) is 12.2 Å². The first-order valence-corrected chi connectivity index (χ1v) is 6.42. The van der Waals surface area contributed by atoms with Crippen molar-refractivity contribution in [2.45, 2.75) is 31.6 Å². The number of likely N-dealkylation sites (tertiary alicyclic amines) is 1. The van der Waals surface area contributed by atoms with E-state index in [0.29, 0.717) is 12.3 Å². The molecule has 2 heterocycles. The first kappa shape index (κ1) is 13.3. The molecule has 1 aliphatic rings. The van der Waals surface area contributed by atoms with Crippen LogP contribution < -0.4 is 0 Å². The Morgan fingerprint density at radius 3 is 2.50 bits per heavy atom. The molecule has 0 amide bonds. The van der Waals surface area contributed by atoms with Gasteiger partial charge in [0, 0.05) is 18.8 Å². The van der Waals surface area contributed by atoms with E-state index < -0.39 is 5.92 Å². The molecule has 0 aliphatic carbocycles. The van der Waals surface area contributed by atoms with Crippen molar-refractivity contribution in [3.05, 3.63) is 24.3 Å². The zero-order valence-electron chi connectivity index (χ0n) is 10.6. The second-order valence-corrected chi connectivity index (χ2v) is 5.06. The summed E-state index contributed by atoms with van der Waals surface area (Å²) in [6.07, 6.45) is 5.17. The van der Waals surface area contributed by atoms with E-state index in [9.17, 15) is 8.78 Å². The third-order valence-electron chi connectivity index (χ3n) is 3.60. The normalized spacial score (nSPS) is 19.1. The smallest absolute Gasteiger partial charge is 0.306 e. The third kappa shape index (κ3) is 3.45. The Hall–Kier alpha value is -1.10. The Bertz CT molecular complexity index is 362. The Kier molecular flexibility index (Phi) is 4.22. The van der Waals surface area contributed by atoms with Crippen molar-refractivity contribution in [1.82, 2.24) is 14.9 Å². The first-order valence-electron chi connectivity index (χ1n) is 6.42. The van der Waals surface area contributed by atoms with E-state index in [1.807, 2.05) is 0 Å². The second-order valence-electron chi connectivity index (χ2n) is 5.06. The summed E-state index contributed by atoms with van der Waals surface area (Å²) < 4.78 is 27.7. The van der Waals surface area contributed by atoms with Gasteiger partial charge in [-0.25, -0.2) is 9.97 Å². The van der Waals surface area contributed by atoms with E-state index in [4.69, 9.17) is 0 Å². The van der Waals surface area contributed by atoms with Gasteiger partial charge in [0.25, 0.3) is 0 Å². The van der Waals surface area contributed by atoms with Crippen LogP contribution in [0.2, 0.25) is 0 Å². The Labute approximate surface area is 106 Å². The number of halogens is 2. The highest BCUT2D eigenvalue weighted by Gasteiger charge is 2.35. The van der Waals surface area contributed by atoms with Gasteiger partial charge in [0.2, 0.25) is 0 Å². The highest BCUT2D eigenvalue weighted by molar-refractivity contribution is 4.97. The van der Waals surface area contributed by atoms with Crippen LogP contribution in [0.5, 0.6) is 0 Å². The monoisotopic (exact) mass is 255 g/mol. The lowest BCUT2D eigenvalue weighted by Crippen LogP contribution is -2.31. The lowest BCUT2D eigenvalue weighted by Gasteiger charge is -2.29. The van der Waals surface area contributed by atoms with Gasteiger partial charge in [-0.1, -0.05) is 0 Å². The molecule has 1 fully saturated rings. The van der Waals surface area contributed by atoms with Crippen molar-refractivity contribution >= 4 is 0 Å². The number of nitrogens with zero attached hydrogens (tertiary/aromatic N) is 3. The van der Waals surface area contributed by atoms with Crippen molar-refractivity contribution in [3.63, 3.8) is 0 Å². The maximum absolute atomic E-state index is 13.9. The van der Waals surface area contributed by atoms with E-state index in [2.05, 4.69) is 21.9 Å². The van der Waals surface area contributed by atoms with Crippen molar-refractivity contribution in [3.8, 4) is 0 Å².